The van der Waals surface area contributed by atoms with E-state index in [0.29, 0.717) is 0 Å². The van der Waals surface area contributed by atoms with Crippen molar-refractivity contribution in [1.29, 1.82) is 0 Å². The highest BCUT2D eigenvalue weighted by Gasteiger charge is 2.19. The van der Waals surface area contributed by atoms with Gasteiger partial charge in [0.1, 0.15) is 0 Å². The first kappa shape index (κ1) is 15.0. The summed E-state index contributed by atoms with van der Waals surface area (Å²) in [5, 5.41) is 0. The van der Waals surface area contributed by atoms with Gasteiger partial charge in [-0.25, -0.2) is 4.79 Å². The van der Waals surface area contributed by atoms with Gasteiger partial charge < -0.3 is 4.74 Å². The number of hydrogen-bond donors (Lipinski definition) is 0. The maximum Gasteiger partial charge on any atom is 0.332 e. The molecule has 0 unspecified atom stereocenters. The summed E-state index contributed by atoms with van der Waals surface area (Å²) in [6, 6.07) is 0.00829. The molecule has 0 radical (unpaired) electrons. The fourth-order valence-electron chi connectivity index (χ4n) is 2.07. The first-order valence-corrected chi connectivity index (χ1v) is 6.57. The summed E-state index contributed by atoms with van der Waals surface area (Å²) in [5.41, 5.74) is -0.551. The van der Waals surface area contributed by atoms with Crippen LogP contribution in [0, 0.1) is 5.92 Å². The van der Waals surface area contributed by atoms with E-state index in [2.05, 4.69) is 4.98 Å². The van der Waals surface area contributed by atoms with Crippen LogP contribution < -0.4 is 16.0 Å². The van der Waals surface area contributed by atoms with Gasteiger partial charge in [0, 0.05) is 27.6 Å². The molecule has 0 spiro atoms. The van der Waals surface area contributed by atoms with E-state index < -0.39 is 17.2 Å². The Morgan fingerprint density at radius 3 is 2.33 bits per heavy atom. The Balaban J connectivity index is 2.59. The minimum Gasteiger partial charge on any atom is -0.392 e. The molecule has 2 heterocycles. The SMILES string of the molecule is CC(C)CC(=O)Oc1nc2c(c(=O)n(C)c(=O)n2C)n1C. The van der Waals surface area contributed by atoms with Gasteiger partial charge in [-0.1, -0.05) is 13.8 Å². The summed E-state index contributed by atoms with van der Waals surface area (Å²) in [6.45, 7) is 3.80. The van der Waals surface area contributed by atoms with E-state index in [4.69, 9.17) is 4.74 Å². The van der Waals surface area contributed by atoms with Crippen molar-refractivity contribution >= 4 is 17.1 Å². The molecule has 0 atom stereocenters. The smallest absolute Gasteiger partial charge is 0.332 e. The summed E-state index contributed by atoms with van der Waals surface area (Å²) >= 11 is 0. The Bertz CT molecular complexity index is 825. The van der Waals surface area contributed by atoms with Crippen LogP contribution in [0.3, 0.4) is 0 Å². The molecule has 0 amide bonds. The molecule has 8 heteroatoms. The van der Waals surface area contributed by atoms with Crippen molar-refractivity contribution in [1.82, 2.24) is 18.7 Å². The van der Waals surface area contributed by atoms with E-state index >= 15 is 0 Å². The second-order valence-electron chi connectivity index (χ2n) is 5.40. The van der Waals surface area contributed by atoms with Crippen LogP contribution in [-0.2, 0) is 25.9 Å². The van der Waals surface area contributed by atoms with Crippen LogP contribution in [0.4, 0.5) is 0 Å². The molecule has 0 aromatic carbocycles. The molecule has 0 aliphatic carbocycles. The van der Waals surface area contributed by atoms with E-state index in [0.717, 1.165) is 4.57 Å². The lowest BCUT2D eigenvalue weighted by Crippen LogP contribution is -2.37. The second-order valence-corrected chi connectivity index (χ2v) is 5.40. The maximum atomic E-state index is 12.1. The predicted molar refractivity (Wildman–Crippen MR) is 76.3 cm³/mol. The van der Waals surface area contributed by atoms with E-state index in [9.17, 15) is 14.4 Å². The van der Waals surface area contributed by atoms with Crippen LogP contribution in [0.2, 0.25) is 0 Å². The maximum absolute atomic E-state index is 12.1. The molecule has 2 aromatic rings. The van der Waals surface area contributed by atoms with Crippen molar-refractivity contribution in [2.24, 2.45) is 27.1 Å². The third-order valence-corrected chi connectivity index (χ3v) is 3.21. The van der Waals surface area contributed by atoms with Crippen LogP contribution >= 0.6 is 0 Å². The van der Waals surface area contributed by atoms with Crippen molar-refractivity contribution in [2.75, 3.05) is 0 Å². The van der Waals surface area contributed by atoms with Crippen molar-refractivity contribution in [3.8, 4) is 6.01 Å². The van der Waals surface area contributed by atoms with E-state index in [1.54, 1.807) is 7.05 Å². The van der Waals surface area contributed by atoms with Gasteiger partial charge in [0.05, 0.1) is 0 Å². The predicted octanol–water partition coefficient (Wildman–Crippen LogP) is -0.0778. The summed E-state index contributed by atoms with van der Waals surface area (Å²) in [4.78, 5) is 39.8. The minimum absolute atomic E-state index is 0.00829. The number of hydrogen-bond acceptors (Lipinski definition) is 5. The fourth-order valence-corrected chi connectivity index (χ4v) is 2.07. The second kappa shape index (κ2) is 5.19. The topological polar surface area (TPSA) is 88.1 Å². The highest BCUT2D eigenvalue weighted by atomic mass is 16.5. The number of rotatable bonds is 3. The minimum atomic E-state index is -0.481. The Labute approximate surface area is 120 Å². The lowest BCUT2D eigenvalue weighted by atomic mass is 10.1. The summed E-state index contributed by atoms with van der Waals surface area (Å²) < 4.78 is 8.80. The molecule has 0 bridgehead atoms. The van der Waals surface area contributed by atoms with Gasteiger partial charge in [0.2, 0.25) is 0 Å². The Morgan fingerprint density at radius 2 is 1.76 bits per heavy atom. The number of imidazole rings is 1. The van der Waals surface area contributed by atoms with Gasteiger partial charge in [0.25, 0.3) is 5.56 Å². The van der Waals surface area contributed by atoms with Gasteiger partial charge in [0.15, 0.2) is 11.2 Å². The van der Waals surface area contributed by atoms with Crippen LogP contribution in [0.1, 0.15) is 20.3 Å². The number of aromatic nitrogens is 4. The lowest BCUT2D eigenvalue weighted by Gasteiger charge is -2.05. The van der Waals surface area contributed by atoms with Crippen LogP contribution in [0.5, 0.6) is 6.01 Å². The summed E-state index contributed by atoms with van der Waals surface area (Å²) in [6.07, 6.45) is 0.250. The van der Waals surface area contributed by atoms with Crippen LogP contribution in [0.25, 0.3) is 11.2 Å². The average molecular weight is 294 g/mol. The van der Waals surface area contributed by atoms with Crippen molar-refractivity contribution in [3.63, 3.8) is 0 Å². The number of fused-ring (bicyclic) bond motifs is 1. The molecule has 0 fully saturated rings. The molecular weight excluding hydrogens is 276 g/mol. The molecule has 2 rings (SSSR count). The fraction of sp³-hybridized carbons (Fsp3) is 0.538. The third kappa shape index (κ3) is 2.48. The zero-order valence-electron chi connectivity index (χ0n) is 12.7. The van der Waals surface area contributed by atoms with E-state index in [-0.39, 0.29) is 29.5 Å². The van der Waals surface area contributed by atoms with Crippen molar-refractivity contribution < 1.29 is 9.53 Å². The van der Waals surface area contributed by atoms with Crippen LogP contribution in [-0.4, -0.2) is 24.7 Å². The summed E-state index contributed by atoms with van der Waals surface area (Å²) in [7, 11) is 4.47. The number of esters is 1. The molecule has 0 N–H and O–H groups in total. The Kier molecular flexibility index (Phi) is 3.71. The number of aryl methyl sites for hydroxylation is 2. The number of ether oxygens (including phenoxy) is 1. The molecule has 21 heavy (non-hydrogen) atoms. The Hall–Kier alpha value is -2.38. The first-order chi connectivity index (χ1) is 9.73. The number of carbonyl (C=O) groups excluding carboxylic acids is 1. The zero-order chi connectivity index (χ0) is 15.9. The van der Waals surface area contributed by atoms with Gasteiger partial charge in [-0.2, -0.15) is 4.98 Å². The zero-order valence-corrected chi connectivity index (χ0v) is 12.7. The molecular formula is C13H18N4O4. The highest BCUT2D eigenvalue weighted by Crippen LogP contribution is 2.16. The summed E-state index contributed by atoms with van der Waals surface area (Å²) in [5.74, 6) is -0.269. The highest BCUT2D eigenvalue weighted by molar-refractivity contribution is 5.75. The third-order valence-electron chi connectivity index (χ3n) is 3.21. The van der Waals surface area contributed by atoms with E-state index in [1.807, 2.05) is 13.8 Å². The van der Waals surface area contributed by atoms with Crippen LogP contribution in [0.15, 0.2) is 9.59 Å². The van der Waals surface area contributed by atoms with Crippen molar-refractivity contribution in [2.45, 2.75) is 20.3 Å². The van der Waals surface area contributed by atoms with E-state index in [1.165, 1.54) is 23.2 Å². The van der Waals surface area contributed by atoms with Gasteiger partial charge in [-0.3, -0.25) is 23.3 Å². The molecule has 2 aromatic heterocycles. The average Bonchev–Trinajstić information content (AvgIpc) is 2.70. The standard InChI is InChI=1S/C13H18N4O4/c1-7(2)6-8(18)21-12-14-10-9(15(12)3)11(19)17(5)13(20)16(10)4/h7H,6H2,1-5H3. The molecule has 0 aliphatic rings. The quantitative estimate of drug-likeness (QED) is 0.739. The van der Waals surface area contributed by atoms with Gasteiger partial charge in [-0.15, -0.1) is 0 Å². The molecule has 114 valence electrons. The number of nitrogens with zero attached hydrogens (tertiary/aromatic N) is 4. The normalized spacial score (nSPS) is 11.3. The first-order valence-electron chi connectivity index (χ1n) is 6.57. The Morgan fingerprint density at radius 1 is 1.14 bits per heavy atom. The number of carbonyl (C=O) groups is 1. The molecule has 0 aliphatic heterocycles. The largest absolute Gasteiger partial charge is 0.392 e. The monoisotopic (exact) mass is 294 g/mol. The van der Waals surface area contributed by atoms with Crippen molar-refractivity contribution in [3.05, 3.63) is 20.8 Å². The van der Waals surface area contributed by atoms with Gasteiger partial charge >= 0.3 is 17.7 Å². The molecule has 0 saturated carbocycles. The molecule has 0 saturated heterocycles. The van der Waals surface area contributed by atoms with Gasteiger partial charge in [-0.05, 0) is 5.92 Å². The molecule has 8 nitrogen and oxygen atoms in total. The lowest BCUT2D eigenvalue weighted by molar-refractivity contribution is -0.135.